The minimum absolute atomic E-state index is 0.179. The summed E-state index contributed by atoms with van der Waals surface area (Å²) in [6.45, 7) is 6.29. The van der Waals surface area contributed by atoms with Crippen LogP contribution in [0.15, 0.2) is 24.3 Å². The number of ether oxygens (including phenoxy) is 2. The second-order valence-electron chi connectivity index (χ2n) is 6.35. The van der Waals surface area contributed by atoms with Gasteiger partial charge < -0.3 is 14.8 Å². The van der Waals surface area contributed by atoms with Crippen molar-refractivity contribution < 1.29 is 23.9 Å². The molecule has 1 aromatic carbocycles. The van der Waals surface area contributed by atoms with Gasteiger partial charge in [0.25, 0.3) is 11.8 Å². The third-order valence-corrected chi connectivity index (χ3v) is 3.25. The van der Waals surface area contributed by atoms with Crippen molar-refractivity contribution in [1.29, 1.82) is 0 Å². The van der Waals surface area contributed by atoms with Gasteiger partial charge in [0.1, 0.15) is 5.60 Å². The summed E-state index contributed by atoms with van der Waals surface area (Å²) < 4.78 is 10.4. The third-order valence-electron chi connectivity index (χ3n) is 3.25. The lowest BCUT2D eigenvalue weighted by Gasteiger charge is -2.19. The van der Waals surface area contributed by atoms with E-state index >= 15 is 0 Å². The average molecular weight is 334 g/mol. The molecule has 130 valence electrons. The standard InChI is InChI=1S/C17H22N2O5/c1-17(2,3)24-16(22)18-8-10-23-11-9-19-14(20)12-6-4-5-7-13(12)15(19)21/h4-7H,8-11H2,1-3H3,(H,18,22). The summed E-state index contributed by atoms with van der Waals surface area (Å²) in [5, 5.41) is 2.57. The molecule has 0 aromatic heterocycles. The summed E-state index contributed by atoms with van der Waals surface area (Å²) in [6.07, 6.45) is -0.508. The van der Waals surface area contributed by atoms with E-state index in [9.17, 15) is 14.4 Å². The third kappa shape index (κ3) is 4.55. The zero-order valence-electron chi connectivity index (χ0n) is 14.1. The fraction of sp³-hybridized carbons (Fsp3) is 0.471. The highest BCUT2D eigenvalue weighted by Crippen LogP contribution is 2.21. The van der Waals surface area contributed by atoms with Crippen molar-refractivity contribution in [1.82, 2.24) is 10.2 Å². The van der Waals surface area contributed by atoms with E-state index in [0.29, 0.717) is 11.1 Å². The molecule has 0 saturated carbocycles. The van der Waals surface area contributed by atoms with Gasteiger partial charge in [-0.1, -0.05) is 12.1 Å². The van der Waals surface area contributed by atoms with E-state index in [4.69, 9.17) is 9.47 Å². The molecule has 2 rings (SSSR count). The van der Waals surface area contributed by atoms with Crippen LogP contribution in [-0.4, -0.2) is 54.7 Å². The molecule has 0 bridgehead atoms. The highest BCUT2D eigenvalue weighted by atomic mass is 16.6. The Kier molecular flexibility index (Phi) is 5.56. The molecular weight excluding hydrogens is 312 g/mol. The maximum Gasteiger partial charge on any atom is 0.407 e. The Hall–Kier alpha value is -2.41. The van der Waals surface area contributed by atoms with Crippen molar-refractivity contribution in [3.05, 3.63) is 35.4 Å². The number of imide groups is 1. The lowest BCUT2D eigenvalue weighted by Crippen LogP contribution is -2.35. The van der Waals surface area contributed by atoms with Crippen LogP contribution in [0.5, 0.6) is 0 Å². The Bertz CT molecular complexity index is 601. The van der Waals surface area contributed by atoms with Crippen LogP contribution < -0.4 is 5.32 Å². The fourth-order valence-corrected chi connectivity index (χ4v) is 2.24. The summed E-state index contributed by atoms with van der Waals surface area (Å²) in [5.74, 6) is -0.600. The Morgan fingerprint density at radius 3 is 2.21 bits per heavy atom. The summed E-state index contributed by atoms with van der Waals surface area (Å²) >= 11 is 0. The minimum Gasteiger partial charge on any atom is -0.444 e. The number of hydrogen-bond donors (Lipinski definition) is 1. The molecule has 0 radical (unpaired) electrons. The van der Waals surface area contributed by atoms with E-state index < -0.39 is 11.7 Å². The highest BCUT2D eigenvalue weighted by molar-refractivity contribution is 6.21. The maximum atomic E-state index is 12.1. The van der Waals surface area contributed by atoms with Gasteiger partial charge in [0.2, 0.25) is 0 Å². The van der Waals surface area contributed by atoms with E-state index in [1.54, 1.807) is 45.0 Å². The van der Waals surface area contributed by atoms with E-state index in [2.05, 4.69) is 5.32 Å². The number of rotatable bonds is 6. The Balaban J connectivity index is 1.66. The predicted octanol–water partition coefficient (Wildman–Crippen LogP) is 1.82. The molecule has 7 heteroatoms. The van der Waals surface area contributed by atoms with Crippen molar-refractivity contribution in [3.8, 4) is 0 Å². The lowest BCUT2D eigenvalue weighted by atomic mass is 10.1. The van der Waals surface area contributed by atoms with Gasteiger partial charge in [-0.15, -0.1) is 0 Å². The number of carbonyl (C=O) groups excluding carboxylic acids is 3. The quantitative estimate of drug-likeness (QED) is 0.634. The summed E-state index contributed by atoms with van der Waals surface area (Å²) in [7, 11) is 0. The molecular formula is C17H22N2O5. The van der Waals surface area contributed by atoms with Gasteiger partial charge in [-0.3, -0.25) is 14.5 Å². The van der Waals surface area contributed by atoms with Gasteiger partial charge in [-0.25, -0.2) is 4.79 Å². The molecule has 0 saturated heterocycles. The Labute approximate surface area is 140 Å². The van der Waals surface area contributed by atoms with E-state index in [-0.39, 0.29) is 38.1 Å². The molecule has 1 heterocycles. The topological polar surface area (TPSA) is 84.9 Å². The van der Waals surface area contributed by atoms with Crippen LogP contribution in [0.1, 0.15) is 41.5 Å². The average Bonchev–Trinajstić information content (AvgIpc) is 2.74. The van der Waals surface area contributed by atoms with Crippen molar-refractivity contribution in [2.75, 3.05) is 26.3 Å². The van der Waals surface area contributed by atoms with Gasteiger partial charge in [0.05, 0.1) is 30.9 Å². The van der Waals surface area contributed by atoms with Gasteiger partial charge in [-0.05, 0) is 32.9 Å². The van der Waals surface area contributed by atoms with Crippen molar-refractivity contribution in [2.24, 2.45) is 0 Å². The lowest BCUT2D eigenvalue weighted by molar-refractivity contribution is 0.0484. The van der Waals surface area contributed by atoms with Gasteiger partial charge in [-0.2, -0.15) is 0 Å². The minimum atomic E-state index is -0.545. The molecule has 3 amide bonds. The first-order valence-electron chi connectivity index (χ1n) is 7.79. The summed E-state index contributed by atoms with van der Waals surface area (Å²) in [4.78, 5) is 36.8. The van der Waals surface area contributed by atoms with Crippen LogP contribution >= 0.6 is 0 Å². The van der Waals surface area contributed by atoms with Gasteiger partial charge >= 0.3 is 6.09 Å². The Morgan fingerprint density at radius 2 is 1.67 bits per heavy atom. The molecule has 7 nitrogen and oxygen atoms in total. The number of nitrogens with one attached hydrogen (secondary N) is 1. The number of carbonyl (C=O) groups is 3. The number of hydrogen-bond acceptors (Lipinski definition) is 5. The first-order valence-corrected chi connectivity index (χ1v) is 7.79. The summed E-state index contributed by atoms with van der Waals surface area (Å²) in [5.41, 5.74) is 0.305. The van der Waals surface area contributed by atoms with Crippen LogP contribution in [0.25, 0.3) is 0 Å². The molecule has 1 N–H and O–H groups in total. The zero-order valence-corrected chi connectivity index (χ0v) is 14.1. The molecule has 1 aromatic rings. The summed E-state index contributed by atoms with van der Waals surface area (Å²) in [6, 6.07) is 6.74. The van der Waals surface area contributed by atoms with Crippen LogP contribution in [-0.2, 0) is 9.47 Å². The maximum absolute atomic E-state index is 12.1. The SMILES string of the molecule is CC(C)(C)OC(=O)NCCOCCN1C(=O)c2ccccc2C1=O. The van der Waals surface area contributed by atoms with Crippen molar-refractivity contribution >= 4 is 17.9 Å². The predicted molar refractivity (Wildman–Crippen MR) is 86.9 cm³/mol. The monoisotopic (exact) mass is 334 g/mol. The molecule has 0 aliphatic carbocycles. The molecule has 0 unspecified atom stereocenters. The first-order chi connectivity index (χ1) is 11.3. The van der Waals surface area contributed by atoms with Crippen LogP contribution in [0.3, 0.4) is 0 Å². The zero-order chi connectivity index (χ0) is 17.7. The van der Waals surface area contributed by atoms with Crippen molar-refractivity contribution in [3.63, 3.8) is 0 Å². The normalized spacial score (nSPS) is 13.9. The molecule has 1 aliphatic rings. The first kappa shape index (κ1) is 17.9. The number of benzene rings is 1. The number of nitrogens with zero attached hydrogens (tertiary/aromatic N) is 1. The Morgan fingerprint density at radius 1 is 1.08 bits per heavy atom. The molecule has 0 atom stereocenters. The highest BCUT2D eigenvalue weighted by Gasteiger charge is 2.34. The molecule has 0 fully saturated rings. The second kappa shape index (κ2) is 7.44. The van der Waals surface area contributed by atoms with Gasteiger partial charge in [0, 0.05) is 6.54 Å². The molecule has 24 heavy (non-hydrogen) atoms. The largest absolute Gasteiger partial charge is 0.444 e. The molecule has 0 spiro atoms. The smallest absolute Gasteiger partial charge is 0.407 e. The second-order valence-corrected chi connectivity index (χ2v) is 6.35. The molecule has 1 aliphatic heterocycles. The number of fused-ring (bicyclic) bond motifs is 1. The van der Waals surface area contributed by atoms with Crippen LogP contribution in [0.4, 0.5) is 4.79 Å². The van der Waals surface area contributed by atoms with Crippen molar-refractivity contribution in [2.45, 2.75) is 26.4 Å². The van der Waals surface area contributed by atoms with Gasteiger partial charge in [0.15, 0.2) is 0 Å². The number of alkyl carbamates (subject to hydrolysis) is 1. The number of amides is 3. The van der Waals surface area contributed by atoms with E-state index in [0.717, 1.165) is 0 Å². The van der Waals surface area contributed by atoms with Crippen LogP contribution in [0.2, 0.25) is 0 Å². The fourth-order valence-electron chi connectivity index (χ4n) is 2.24. The van der Waals surface area contributed by atoms with E-state index in [1.807, 2.05) is 0 Å². The van der Waals surface area contributed by atoms with E-state index in [1.165, 1.54) is 4.90 Å². The van der Waals surface area contributed by atoms with Crippen LogP contribution in [0, 0.1) is 0 Å².